The van der Waals surface area contributed by atoms with Crippen molar-refractivity contribution >= 4 is 28.0 Å². The molecule has 0 saturated carbocycles. The van der Waals surface area contributed by atoms with Crippen LogP contribution in [0.25, 0.3) is 6.08 Å². The van der Waals surface area contributed by atoms with Crippen molar-refractivity contribution < 1.29 is 14.6 Å². The molecule has 0 unspecified atom stereocenters. The number of carbonyl (C=O) groups is 1. The van der Waals surface area contributed by atoms with Crippen molar-refractivity contribution in [3.8, 4) is 5.75 Å². The molecule has 2 rings (SSSR count). The fourth-order valence-electron chi connectivity index (χ4n) is 1.95. The third-order valence-electron chi connectivity index (χ3n) is 3.08. The molecule has 0 atom stereocenters. The first-order chi connectivity index (χ1) is 10.6. The van der Waals surface area contributed by atoms with E-state index in [-0.39, 0.29) is 0 Å². The summed E-state index contributed by atoms with van der Waals surface area (Å²) in [5, 5.41) is 8.66. The molecule has 2 aromatic carbocycles. The maximum absolute atomic E-state index is 10.6. The molecule has 113 valence electrons. The summed E-state index contributed by atoms with van der Waals surface area (Å²) in [6.07, 6.45) is 3.25. The molecule has 4 heteroatoms. The number of halogens is 1. The van der Waals surface area contributed by atoms with Crippen molar-refractivity contribution in [3.05, 3.63) is 76.6 Å². The lowest BCUT2D eigenvalue weighted by Gasteiger charge is -2.11. The topological polar surface area (TPSA) is 46.5 Å². The van der Waals surface area contributed by atoms with Gasteiger partial charge in [-0.15, -0.1) is 0 Å². The van der Waals surface area contributed by atoms with Crippen LogP contribution in [-0.2, 0) is 17.8 Å². The van der Waals surface area contributed by atoms with Crippen LogP contribution in [0, 0.1) is 6.92 Å². The number of ether oxygens (including phenoxy) is 1. The lowest BCUT2D eigenvalue weighted by molar-refractivity contribution is -0.131. The van der Waals surface area contributed by atoms with Gasteiger partial charge in [0.25, 0.3) is 0 Å². The Kier molecular flexibility index (Phi) is 5.78. The second-order valence-electron chi connectivity index (χ2n) is 4.70. The minimum Gasteiger partial charge on any atom is -0.489 e. The van der Waals surface area contributed by atoms with Gasteiger partial charge in [-0.1, -0.05) is 34.1 Å². The van der Waals surface area contributed by atoms with E-state index in [9.17, 15) is 4.79 Å². The van der Waals surface area contributed by atoms with Crippen LogP contribution in [0.2, 0.25) is 0 Å². The third-order valence-corrected chi connectivity index (χ3v) is 3.61. The van der Waals surface area contributed by atoms with Gasteiger partial charge in [0.05, 0.1) is 0 Å². The minimum atomic E-state index is -0.966. The van der Waals surface area contributed by atoms with Gasteiger partial charge in [0.1, 0.15) is 12.4 Å². The molecule has 0 saturated heterocycles. The molecular formula is C18H16BrO3. The molecule has 22 heavy (non-hydrogen) atoms. The van der Waals surface area contributed by atoms with Crippen molar-refractivity contribution in [1.82, 2.24) is 0 Å². The summed E-state index contributed by atoms with van der Waals surface area (Å²) in [6.45, 7) is 4.37. The van der Waals surface area contributed by atoms with Gasteiger partial charge in [-0.2, -0.15) is 0 Å². The summed E-state index contributed by atoms with van der Waals surface area (Å²) in [7, 11) is 0. The number of hydrogen-bond donors (Lipinski definition) is 1. The quantitative estimate of drug-likeness (QED) is 0.772. The maximum atomic E-state index is 10.6. The van der Waals surface area contributed by atoms with Gasteiger partial charge in [-0.25, -0.2) is 4.79 Å². The monoisotopic (exact) mass is 359 g/mol. The number of benzene rings is 2. The fourth-order valence-corrected chi connectivity index (χ4v) is 2.21. The Balaban J connectivity index is 2.10. The van der Waals surface area contributed by atoms with Gasteiger partial charge in [0.2, 0.25) is 0 Å². The summed E-state index contributed by atoms with van der Waals surface area (Å²) < 4.78 is 6.87. The average molecular weight is 360 g/mol. The first-order valence-electron chi connectivity index (χ1n) is 6.79. The zero-order chi connectivity index (χ0) is 15.9. The van der Waals surface area contributed by atoms with Crippen molar-refractivity contribution in [1.29, 1.82) is 0 Å². The number of rotatable bonds is 6. The molecule has 0 spiro atoms. The smallest absolute Gasteiger partial charge is 0.328 e. The van der Waals surface area contributed by atoms with E-state index in [0.29, 0.717) is 13.0 Å². The number of hydrogen-bond acceptors (Lipinski definition) is 2. The molecule has 0 fully saturated rings. The largest absolute Gasteiger partial charge is 0.489 e. The Labute approximate surface area is 138 Å². The molecule has 0 aromatic heterocycles. The normalized spacial score (nSPS) is 10.8. The highest BCUT2D eigenvalue weighted by Crippen LogP contribution is 2.23. The van der Waals surface area contributed by atoms with E-state index in [1.165, 1.54) is 0 Å². The Morgan fingerprint density at radius 2 is 1.95 bits per heavy atom. The number of carboxylic acids is 1. The zero-order valence-electron chi connectivity index (χ0n) is 12.0. The van der Waals surface area contributed by atoms with E-state index in [4.69, 9.17) is 9.84 Å². The summed E-state index contributed by atoms with van der Waals surface area (Å²) >= 11 is 3.40. The summed E-state index contributed by atoms with van der Waals surface area (Å²) in [4.78, 5) is 10.6. The van der Waals surface area contributed by atoms with E-state index >= 15 is 0 Å². The standard InChI is InChI=1S/C18H16BrO3/c1-2-15-11-13(6-10-18(20)21)5-9-17(15)22-12-14-3-7-16(19)8-4-14/h3-11H,1-2,12H2,(H,20,21)/b10-6+. The van der Waals surface area contributed by atoms with E-state index in [1.54, 1.807) is 6.08 Å². The third kappa shape index (κ3) is 4.74. The Morgan fingerprint density at radius 1 is 1.23 bits per heavy atom. The maximum Gasteiger partial charge on any atom is 0.328 e. The van der Waals surface area contributed by atoms with E-state index in [2.05, 4.69) is 22.9 Å². The van der Waals surface area contributed by atoms with Crippen LogP contribution in [-0.4, -0.2) is 11.1 Å². The van der Waals surface area contributed by atoms with Crippen LogP contribution >= 0.6 is 15.9 Å². The van der Waals surface area contributed by atoms with Crippen LogP contribution < -0.4 is 4.74 Å². The SMILES string of the molecule is [CH2]Cc1cc(/C=C/C(=O)O)ccc1OCc1ccc(Br)cc1. The second-order valence-corrected chi connectivity index (χ2v) is 5.62. The lowest BCUT2D eigenvalue weighted by Crippen LogP contribution is -1.98. The van der Waals surface area contributed by atoms with Crippen LogP contribution in [0.5, 0.6) is 5.75 Å². The lowest BCUT2D eigenvalue weighted by atomic mass is 10.1. The zero-order valence-corrected chi connectivity index (χ0v) is 13.5. The number of aliphatic carboxylic acids is 1. The first kappa shape index (κ1) is 16.3. The summed E-state index contributed by atoms with van der Waals surface area (Å²) in [6, 6.07) is 13.5. The molecule has 0 bridgehead atoms. The van der Waals surface area contributed by atoms with E-state index < -0.39 is 5.97 Å². The van der Waals surface area contributed by atoms with Crippen molar-refractivity contribution in [3.63, 3.8) is 0 Å². The molecule has 0 aliphatic rings. The van der Waals surface area contributed by atoms with Crippen molar-refractivity contribution in [2.75, 3.05) is 0 Å². The fraction of sp³-hybridized carbons (Fsp3) is 0.111. The predicted octanol–water partition coefficient (Wildman–Crippen LogP) is 4.50. The van der Waals surface area contributed by atoms with Gasteiger partial charge < -0.3 is 9.84 Å². The highest BCUT2D eigenvalue weighted by Gasteiger charge is 2.04. The molecule has 0 amide bonds. The average Bonchev–Trinajstić information content (AvgIpc) is 2.52. The molecule has 1 radical (unpaired) electrons. The van der Waals surface area contributed by atoms with Crippen LogP contribution in [0.1, 0.15) is 16.7 Å². The van der Waals surface area contributed by atoms with Crippen LogP contribution in [0.15, 0.2) is 53.0 Å². The van der Waals surface area contributed by atoms with Crippen molar-refractivity contribution in [2.24, 2.45) is 0 Å². The van der Waals surface area contributed by atoms with E-state index in [1.807, 2.05) is 42.5 Å². The van der Waals surface area contributed by atoms with Gasteiger partial charge in [0, 0.05) is 10.5 Å². The van der Waals surface area contributed by atoms with E-state index in [0.717, 1.165) is 33.0 Å². The Hall–Kier alpha value is -2.07. The number of carboxylic acid groups (broad SMARTS) is 1. The Bertz CT molecular complexity index is 675. The molecule has 2 aromatic rings. The van der Waals surface area contributed by atoms with Crippen molar-refractivity contribution in [2.45, 2.75) is 13.0 Å². The van der Waals surface area contributed by atoms with Crippen LogP contribution in [0.4, 0.5) is 0 Å². The Morgan fingerprint density at radius 3 is 2.59 bits per heavy atom. The molecule has 0 heterocycles. The van der Waals surface area contributed by atoms with Gasteiger partial charge in [-0.3, -0.25) is 0 Å². The second kappa shape index (κ2) is 7.80. The van der Waals surface area contributed by atoms with Crippen LogP contribution in [0.3, 0.4) is 0 Å². The first-order valence-corrected chi connectivity index (χ1v) is 7.58. The van der Waals surface area contributed by atoms with Gasteiger partial charge >= 0.3 is 5.97 Å². The predicted molar refractivity (Wildman–Crippen MR) is 90.6 cm³/mol. The van der Waals surface area contributed by atoms with Gasteiger partial charge in [-0.05, 0) is 60.4 Å². The van der Waals surface area contributed by atoms with Gasteiger partial charge in [0.15, 0.2) is 0 Å². The minimum absolute atomic E-state index is 0.477. The molecule has 0 aliphatic carbocycles. The highest BCUT2D eigenvalue weighted by atomic mass is 79.9. The molecule has 3 nitrogen and oxygen atoms in total. The molecule has 1 N–H and O–H groups in total. The molecular weight excluding hydrogens is 344 g/mol. The highest BCUT2D eigenvalue weighted by molar-refractivity contribution is 9.10. The molecule has 0 aliphatic heterocycles. The summed E-state index contributed by atoms with van der Waals surface area (Å²) in [5.74, 6) is -0.197. The summed E-state index contributed by atoms with van der Waals surface area (Å²) in [5.41, 5.74) is 2.84.